The van der Waals surface area contributed by atoms with E-state index in [1.807, 2.05) is 37.3 Å². The number of hydrogen-bond donors (Lipinski definition) is 1. The molecule has 0 spiro atoms. The lowest BCUT2D eigenvalue weighted by Crippen LogP contribution is -2.13. The largest absolute Gasteiger partial charge is 0.360 e. The van der Waals surface area contributed by atoms with Crippen molar-refractivity contribution >= 4 is 34.1 Å². The van der Waals surface area contributed by atoms with Crippen molar-refractivity contribution in [2.45, 2.75) is 50.2 Å². The molecular weight excluding hydrogens is 390 g/mol. The number of nitrogens with one attached hydrogen (secondary N) is 1. The zero-order valence-corrected chi connectivity index (χ0v) is 17.7. The molecule has 1 aromatic carbocycles. The van der Waals surface area contributed by atoms with Crippen LogP contribution in [0.15, 0.2) is 39.8 Å². The second-order valence-electron chi connectivity index (χ2n) is 7.08. The number of anilines is 1. The maximum absolute atomic E-state index is 12.9. The summed E-state index contributed by atoms with van der Waals surface area (Å²) in [7, 11) is 0. The lowest BCUT2D eigenvalue weighted by Gasteiger charge is -2.18. The maximum Gasteiger partial charge on any atom is 0.258 e. The van der Waals surface area contributed by atoms with Crippen LogP contribution >= 0.6 is 23.1 Å². The van der Waals surface area contributed by atoms with Crippen molar-refractivity contribution in [1.82, 2.24) is 10.1 Å². The number of hydrogen-bond acceptors (Lipinski definition) is 6. The average Bonchev–Trinajstić information content (AvgIpc) is 3.31. The first-order chi connectivity index (χ1) is 13.6. The molecule has 1 aliphatic rings. The molecule has 2 heterocycles. The molecule has 0 fully saturated rings. The van der Waals surface area contributed by atoms with E-state index in [4.69, 9.17) is 4.52 Å². The van der Waals surface area contributed by atoms with Gasteiger partial charge in [-0.1, -0.05) is 30.6 Å². The summed E-state index contributed by atoms with van der Waals surface area (Å²) in [6.45, 7) is 4.14. The van der Waals surface area contributed by atoms with Gasteiger partial charge in [-0.15, -0.1) is 23.1 Å². The highest BCUT2D eigenvalue weighted by atomic mass is 32.2. The summed E-state index contributed by atoms with van der Waals surface area (Å²) in [4.78, 5) is 19.8. The van der Waals surface area contributed by atoms with Gasteiger partial charge < -0.3 is 4.52 Å². The second kappa shape index (κ2) is 8.49. The van der Waals surface area contributed by atoms with Gasteiger partial charge in [0.1, 0.15) is 5.76 Å². The van der Waals surface area contributed by atoms with Crippen molar-refractivity contribution in [2.75, 3.05) is 5.32 Å². The predicted octanol–water partition coefficient (Wildman–Crippen LogP) is 5.50. The lowest BCUT2D eigenvalue weighted by atomic mass is 9.89. The van der Waals surface area contributed by atoms with E-state index in [9.17, 15) is 4.79 Å². The van der Waals surface area contributed by atoms with E-state index < -0.39 is 0 Å². The van der Waals surface area contributed by atoms with Crippen LogP contribution in [0.4, 0.5) is 5.13 Å². The van der Waals surface area contributed by atoms with Gasteiger partial charge >= 0.3 is 0 Å². The number of benzene rings is 1. The molecule has 0 saturated heterocycles. The summed E-state index contributed by atoms with van der Waals surface area (Å²) < 4.78 is 5.27. The van der Waals surface area contributed by atoms with Crippen LogP contribution in [0.1, 0.15) is 52.1 Å². The first-order valence-corrected chi connectivity index (χ1v) is 11.4. The maximum atomic E-state index is 12.9. The van der Waals surface area contributed by atoms with Gasteiger partial charge in [-0.2, -0.15) is 0 Å². The molecule has 7 heteroatoms. The molecular formula is C21H23N3O2S2. The fourth-order valence-corrected chi connectivity index (χ4v) is 5.47. The molecule has 146 valence electrons. The number of carbonyl (C=O) groups is 1. The molecule has 1 unspecified atom stereocenters. The Morgan fingerprint density at radius 3 is 3.04 bits per heavy atom. The Labute approximate surface area is 172 Å². The van der Waals surface area contributed by atoms with Gasteiger partial charge in [0.05, 0.1) is 22.7 Å². The molecule has 1 atom stereocenters. The fraction of sp³-hybridized carbons (Fsp3) is 0.381. The van der Waals surface area contributed by atoms with Gasteiger partial charge in [0.2, 0.25) is 0 Å². The van der Waals surface area contributed by atoms with Crippen molar-refractivity contribution in [3.63, 3.8) is 0 Å². The highest BCUT2D eigenvalue weighted by Gasteiger charge is 2.22. The molecule has 5 nitrogen and oxygen atoms in total. The van der Waals surface area contributed by atoms with Crippen LogP contribution in [0, 0.1) is 12.8 Å². The standard InChI is InChI=1S/C21H23N3O2S2/c1-3-14-8-9-17-19(11-14)28-21(22-17)23-20(25)16-6-4-5-7-18(16)27-12-15-10-13(2)24-26-15/h4-7,10,14H,3,8-9,11-12H2,1-2H3,(H,22,23,25). The number of aryl methyl sites for hydroxylation is 2. The quantitative estimate of drug-likeness (QED) is 0.541. The van der Waals surface area contributed by atoms with Crippen LogP contribution < -0.4 is 5.32 Å². The summed E-state index contributed by atoms with van der Waals surface area (Å²) in [6, 6.07) is 9.55. The van der Waals surface area contributed by atoms with Crippen LogP contribution in [0.25, 0.3) is 0 Å². The summed E-state index contributed by atoms with van der Waals surface area (Å²) >= 11 is 3.19. The minimum atomic E-state index is -0.116. The summed E-state index contributed by atoms with van der Waals surface area (Å²) in [5.41, 5.74) is 2.68. The Kier molecular flexibility index (Phi) is 5.82. The van der Waals surface area contributed by atoms with E-state index in [0.717, 1.165) is 40.8 Å². The van der Waals surface area contributed by atoms with Gasteiger partial charge in [0, 0.05) is 15.8 Å². The van der Waals surface area contributed by atoms with E-state index in [1.54, 1.807) is 23.1 Å². The topological polar surface area (TPSA) is 68.0 Å². The molecule has 4 rings (SSSR count). The molecule has 2 aromatic heterocycles. The van der Waals surface area contributed by atoms with E-state index >= 15 is 0 Å². The van der Waals surface area contributed by atoms with Crippen molar-refractivity contribution in [3.05, 3.63) is 57.9 Å². The number of nitrogens with zero attached hydrogens (tertiary/aromatic N) is 2. The Hall–Kier alpha value is -2.12. The zero-order valence-electron chi connectivity index (χ0n) is 16.0. The first-order valence-electron chi connectivity index (χ1n) is 9.56. The average molecular weight is 414 g/mol. The van der Waals surface area contributed by atoms with E-state index in [1.165, 1.54) is 17.7 Å². The van der Waals surface area contributed by atoms with Gasteiger partial charge in [-0.3, -0.25) is 10.1 Å². The van der Waals surface area contributed by atoms with E-state index in [2.05, 4.69) is 22.4 Å². The van der Waals surface area contributed by atoms with Gasteiger partial charge in [-0.25, -0.2) is 4.98 Å². The lowest BCUT2D eigenvalue weighted by molar-refractivity contribution is 0.102. The third-order valence-electron chi connectivity index (χ3n) is 5.02. The molecule has 0 saturated carbocycles. The smallest absolute Gasteiger partial charge is 0.258 e. The van der Waals surface area contributed by atoms with Crippen molar-refractivity contribution < 1.29 is 9.32 Å². The van der Waals surface area contributed by atoms with Crippen molar-refractivity contribution in [1.29, 1.82) is 0 Å². The summed E-state index contributed by atoms with van der Waals surface area (Å²) in [5.74, 6) is 2.06. The minimum Gasteiger partial charge on any atom is -0.360 e. The van der Waals surface area contributed by atoms with Crippen molar-refractivity contribution in [2.24, 2.45) is 5.92 Å². The number of carbonyl (C=O) groups excluding carboxylic acids is 1. The molecule has 28 heavy (non-hydrogen) atoms. The van der Waals surface area contributed by atoms with Crippen molar-refractivity contribution in [3.8, 4) is 0 Å². The monoisotopic (exact) mass is 413 g/mol. The first kappa shape index (κ1) is 19.2. The molecule has 0 radical (unpaired) electrons. The van der Waals surface area contributed by atoms with Crippen LogP contribution in [0.5, 0.6) is 0 Å². The minimum absolute atomic E-state index is 0.116. The fourth-order valence-electron chi connectivity index (χ4n) is 3.42. The highest BCUT2D eigenvalue weighted by molar-refractivity contribution is 7.98. The molecule has 3 aromatic rings. The molecule has 1 amide bonds. The number of aromatic nitrogens is 2. The summed E-state index contributed by atoms with van der Waals surface area (Å²) in [6.07, 6.45) is 4.50. The number of thiazole rings is 1. The van der Waals surface area contributed by atoms with Crippen LogP contribution in [0.3, 0.4) is 0 Å². The number of thioether (sulfide) groups is 1. The predicted molar refractivity (Wildman–Crippen MR) is 113 cm³/mol. The van der Waals surface area contributed by atoms with E-state index in [-0.39, 0.29) is 5.91 Å². The number of rotatable bonds is 6. The molecule has 1 N–H and O–H groups in total. The molecule has 0 bridgehead atoms. The van der Waals surface area contributed by atoms with Gasteiger partial charge in [0.15, 0.2) is 5.13 Å². The third-order valence-corrected chi connectivity index (χ3v) is 7.15. The molecule has 1 aliphatic carbocycles. The van der Waals surface area contributed by atoms with Crippen LogP contribution in [-0.4, -0.2) is 16.0 Å². The number of fused-ring (bicyclic) bond motifs is 1. The highest BCUT2D eigenvalue weighted by Crippen LogP contribution is 2.34. The normalized spacial score (nSPS) is 16.0. The van der Waals surface area contributed by atoms with Crippen LogP contribution in [0.2, 0.25) is 0 Å². The van der Waals surface area contributed by atoms with Gasteiger partial charge in [-0.05, 0) is 44.2 Å². The second-order valence-corrected chi connectivity index (χ2v) is 9.18. The van der Waals surface area contributed by atoms with Crippen LogP contribution in [-0.2, 0) is 18.6 Å². The van der Waals surface area contributed by atoms with E-state index in [0.29, 0.717) is 16.4 Å². The number of amides is 1. The Morgan fingerprint density at radius 2 is 2.25 bits per heavy atom. The zero-order chi connectivity index (χ0) is 19.5. The Morgan fingerprint density at radius 1 is 1.39 bits per heavy atom. The van der Waals surface area contributed by atoms with Gasteiger partial charge in [0.25, 0.3) is 5.91 Å². The SMILES string of the molecule is CCC1CCc2nc(NC(=O)c3ccccc3SCc3cc(C)no3)sc2C1. The Bertz CT molecular complexity index is 980. The Balaban J connectivity index is 1.46. The molecule has 0 aliphatic heterocycles. The summed E-state index contributed by atoms with van der Waals surface area (Å²) in [5, 5.41) is 7.63. The third kappa shape index (κ3) is 4.31.